The van der Waals surface area contributed by atoms with E-state index in [4.69, 9.17) is 0 Å². The van der Waals surface area contributed by atoms with Gasteiger partial charge in [-0.1, -0.05) is 42.0 Å². The Morgan fingerprint density at radius 1 is 1.00 bits per heavy atom. The van der Waals surface area contributed by atoms with E-state index in [0.29, 0.717) is 6.04 Å². The lowest BCUT2D eigenvalue weighted by molar-refractivity contribution is 0.658. The van der Waals surface area contributed by atoms with Crippen molar-refractivity contribution in [2.24, 2.45) is 0 Å². The summed E-state index contributed by atoms with van der Waals surface area (Å²) in [6.07, 6.45) is 0. The summed E-state index contributed by atoms with van der Waals surface area (Å²) in [7, 11) is 2.04. The Balaban J connectivity index is 2.10. The van der Waals surface area contributed by atoms with Crippen LogP contribution in [0.15, 0.2) is 47.4 Å². The molecule has 1 nitrogen and oxygen atoms in total. The van der Waals surface area contributed by atoms with Gasteiger partial charge in [-0.3, -0.25) is 0 Å². The number of rotatable bonds is 5. The van der Waals surface area contributed by atoms with Crippen LogP contribution in [0.2, 0.25) is 0 Å². The molecule has 0 aromatic heterocycles. The van der Waals surface area contributed by atoms with E-state index in [1.807, 2.05) is 18.8 Å². The summed E-state index contributed by atoms with van der Waals surface area (Å²) in [5.74, 6) is 1.05. The predicted octanol–water partition coefficient (Wildman–Crippen LogP) is 4.66. The van der Waals surface area contributed by atoms with E-state index in [9.17, 15) is 0 Å². The SMILES string of the molecule is CNC(CSc1ccc(C)cc1C)c1ccccc1C. The zero-order valence-corrected chi connectivity index (χ0v) is 13.6. The average molecular weight is 285 g/mol. The first-order valence-corrected chi connectivity index (χ1v) is 8.03. The maximum atomic E-state index is 3.44. The third-order valence-electron chi connectivity index (χ3n) is 3.65. The first-order valence-electron chi connectivity index (χ1n) is 7.04. The van der Waals surface area contributed by atoms with Gasteiger partial charge < -0.3 is 5.32 Å². The molecule has 0 bridgehead atoms. The molecule has 0 radical (unpaired) electrons. The molecule has 1 unspecified atom stereocenters. The van der Waals surface area contributed by atoms with Crippen LogP contribution in [0.4, 0.5) is 0 Å². The van der Waals surface area contributed by atoms with Gasteiger partial charge >= 0.3 is 0 Å². The maximum Gasteiger partial charge on any atom is 0.0415 e. The van der Waals surface area contributed by atoms with Crippen LogP contribution >= 0.6 is 11.8 Å². The molecule has 2 heteroatoms. The number of hydrogen-bond acceptors (Lipinski definition) is 2. The minimum Gasteiger partial charge on any atom is -0.312 e. The van der Waals surface area contributed by atoms with Crippen LogP contribution in [0.5, 0.6) is 0 Å². The molecule has 0 fully saturated rings. The van der Waals surface area contributed by atoms with Gasteiger partial charge in [-0.2, -0.15) is 0 Å². The first-order chi connectivity index (χ1) is 9.61. The van der Waals surface area contributed by atoms with Crippen molar-refractivity contribution < 1.29 is 0 Å². The third-order valence-corrected chi connectivity index (χ3v) is 4.92. The molecule has 2 rings (SSSR count). The largest absolute Gasteiger partial charge is 0.312 e. The molecule has 1 atom stereocenters. The number of nitrogens with one attached hydrogen (secondary N) is 1. The van der Waals surface area contributed by atoms with Crippen molar-refractivity contribution in [1.29, 1.82) is 0 Å². The lowest BCUT2D eigenvalue weighted by Gasteiger charge is -2.19. The zero-order valence-electron chi connectivity index (χ0n) is 12.7. The van der Waals surface area contributed by atoms with Crippen molar-refractivity contribution in [2.45, 2.75) is 31.7 Å². The minimum atomic E-state index is 0.391. The molecule has 2 aromatic rings. The van der Waals surface area contributed by atoms with E-state index in [1.165, 1.54) is 27.1 Å². The standard InChI is InChI=1S/C18H23NS/c1-13-9-10-18(15(3)11-13)20-12-17(19-4)16-8-6-5-7-14(16)2/h5-11,17,19H,12H2,1-4H3. The van der Waals surface area contributed by atoms with E-state index >= 15 is 0 Å². The Hall–Kier alpha value is -1.25. The van der Waals surface area contributed by atoms with E-state index in [0.717, 1.165) is 5.75 Å². The van der Waals surface area contributed by atoms with E-state index in [1.54, 1.807) is 0 Å². The summed E-state index contributed by atoms with van der Waals surface area (Å²) < 4.78 is 0. The van der Waals surface area contributed by atoms with Crippen molar-refractivity contribution in [3.05, 3.63) is 64.7 Å². The van der Waals surface area contributed by atoms with Gasteiger partial charge in [0.05, 0.1) is 0 Å². The second kappa shape index (κ2) is 6.96. The van der Waals surface area contributed by atoms with Gasteiger partial charge in [0, 0.05) is 16.7 Å². The molecule has 0 aliphatic heterocycles. The summed E-state index contributed by atoms with van der Waals surface area (Å²) in [5.41, 5.74) is 5.45. The van der Waals surface area contributed by atoms with Crippen molar-refractivity contribution in [1.82, 2.24) is 5.32 Å². The number of aryl methyl sites for hydroxylation is 3. The summed E-state index contributed by atoms with van der Waals surface area (Å²) in [6.45, 7) is 6.52. The van der Waals surface area contributed by atoms with Crippen LogP contribution in [-0.2, 0) is 0 Å². The Morgan fingerprint density at radius 3 is 2.40 bits per heavy atom. The molecule has 0 heterocycles. The zero-order chi connectivity index (χ0) is 14.5. The highest BCUT2D eigenvalue weighted by molar-refractivity contribution is 7.99. The van der Waals surface area contributed by atoms with Crippen LogP contribution in [0.1, 0.15) is 28.3 Å². The molecule has 0 spiro atoms. The molecule has 0 aliphatic rings. The molecule has 20 heavy (non-hydrogen) atoms. The van der Waals surface area contributed by atoms with Crippen molar-refractivity contribution in [2.75, 3.05) is 12.8 Å². The summed E-state index contributed by atoms with van der Waals surface area (Å²) in [5, 5.41) is 3.44. The van der Waals surface area contributed by atoms with Gasteiger partial charge in [0.25, 0.3) is 0 Å². The molecule has 0 saturated heterocycles. The fourth-order valence-corrected chi connectivity index (χ4v) is 3.58. The van der Waals surface area contributed by atoms with Crippen molar-refractivity contribution in [3.8, 4) is 0 Å². The Morgan fingerprint density at radius 2 is 1.75 bits per heavy atom. The average Bonchev–Trinajstić information content (AvgIpc) is 2.43. The van der Waals surface area contributed by atoms with Gasteiger partial charge in [0.15, 0.2) is 0 Å². The van der Waals surface area contributed by atoms with Crippen molar-refractivity contribution in [3.63, 3.8) is 0 Å². The summed E-state index contributed by atoms with van der Waals surface area (Å²) in [6, 6.07) is 15.7. The van der Waals surface area contributed by atoms with E-state index in [-0.39, 0.29) is 0 Å². The quantitative estimate of drug-likeness (QED) is 0.802. The summed E-state index contributed by atoms with van der Waals surface area (Å²) in [4.78, 5) is 1.38. The van der Waals surface area contributed by atoms with E-state index in [2.05, 4.69) is 68.6 Å². The fraction of sp³-hybridized carbons (Fsp3) is 0.333. The molecule has 0 saturated carbocycles. The highest BCUT2D eigenvalue weighted by Gasteiger charge is 2.12. The fourth-order valence-electron chi connectivity index (χ4n) is 2.44. The Labute approximate surface area is 126 Å². The van der Waals surface area contributed by atoms with E-state index < -0.39 is 0 Å². The number of hydrogen-bond donors (Lipinski definition) is 1. The van der Waals surface area contributed by atoms with Crippen LogP contribution in [-0.4, -0.2) is 12.8 Å². The number of thioether (sulfide) groups is 1. The molecule has 106 valence electrons. The highest BCUT2D eigenvalue weighted by atomic mass is 32.2. The van der Waals surface area contributed by atoms with Gasteiger partial charge in [-0.25, -0.2) is 0 Å². The molecular weight excluding hydrogens is 262 g/mol. The topological polar surface area (TPSA) is 12.0 Å². The Bertz CT molecular complexity index is 577. The second-order valence-electron chi connectivity index (χ2n) is 5.28. The lowest BCUT2D eigenvalue weighted by Crippen LogP contribution is -2.19. The van der Waals surface area contributed by atoms with Gasteiger partial charge in [-0.15, -0.1) is 11.8 Å². The minimum absolute atomic E-state index is 0.391. The third kappa shape index (κ3) is 3.65. The molecule has 0 amide bonds. The predicted molar refractivity (Wildman–Crippen MR) is 89.6 cm³/mol. The van der Waals surface area contributed by atoms with Crippen LogP contribution in [0.25, 0.3) is 0 Å². The summed E-state index contributed by atoms with van der Waals surface area (Å²) >= 11 is 1.93. The molecular formula is C18H23NS. The maximum absolute atomic E-state index is 3.44. The molecule has 0 aliphatic carbocycles. The highest BCUT2D eigenvalue weighted by Crippen LogP contribution is 2.28. The molecule has 1 N–H and O–H groups in total. The van der Waals surface area contributed by atoms with Crippen LogP contribution in [0, 0.1) is 20.8 Å². The van der Waals surface area contributed by atoms with Gasteiger partial charge in [0.1, 0.15) is 0 Å². The molecule has 2 aromatic carbocycles. The normalized spacial score (nSPS) is 12.4. The first kappa shape index (κ1) is 15.1. The lowest BCUT2D eigenvalue weighted by atomic mass is 10.0. The van der Waals surface area contributed by atoms with Crippen LogP contribution in [0.3, 0.4) is 0 Å². The van der Waals surface area contributed by atoms with Gasteiger partial charge in [-0.05, 0) is 50.6 Å². The second-order valence-corrected chi connectivity index (χ2v) is 6.34. The van der Waals surface area contributed by atoms with Crippen molar-refractivity contribution >= 4 is 11.8 Å². The number of benzene rings is 2. The van der Waals surface area contributed by atoms with Gasteiger partial charge in [0.2, 0.25) is 0 Å². The smallest absolute Gasteiger partial charge is 0.0415 e. The monoisotopic (exact) mass is 285 g/mol. The van der Waals surface area contributed by atoms with Crippen LogP contribution < -0.4 is 5.32 Å². The Kier molecular flexibility index (Phi) is 5.27.